The highest BCUT2D eigenvalue weighted by Gasteiger charge is 2.22. The van der Waals surface area contributed by atoms with Gasteiger partial charge in [-0.2, -0.15) is 0 Å². The van der Waals surface area contributed by atoms with Gasteiger partial charge in [0.1, 0.15) is 0 Å². The van der Waals surface area contributed by atoms with Crippen molar-refractivity contribution in [3.63, 3.8) is 0 Å². The summed E-state index contributed by atoms with van der Waals surface area (Å²) in [6.45, 7) is 1.68. The summed E-state index contributed by atoms with van der Waals surface area (Å²) in [4.78, 5) is 24.9. The number of likely N-dealkylation sites (N-methyl/N-ethyl adjacent to an activating group) is 1. The lowest BCUT2D eigenvalue weighted by Gasteiger charge is -2.17. The molecule has 0 unspecified atom stereocenters. The van der Waals surface area contributed by atoms with E-state index in [1.54, 1.807) is 26.2 Å². The number of rotatable bonds is 3. The molecule has 0 radical (unpaired) electrons. The van der Waals surface area contributed by atoms with Gasteiger partial charge in [-0.1, -0.05) is 0 Å². The molecular weight excluding hydrogens is 250 g/mol. The van der Waals surface area contributed by atoms with Crippen molar-refractivity contribution < 1.29 is 23.8 Å². The molecule has 0 spiro atoms. The van der Waals surface area contributed by atoms with Crippen molar-refractivity contribution in [2.24, 2.45) is 0 Å². The zero-order chi connectivity index (χ0) is 14.0. The fourth-order valence-electron chi connectivity index (χ4n) is 1.67. The van der Waals surface area contributed by atoms with E-state index in [2.05, 4.69) is 0 Å². The SMILES string of the molecule is C[C@H](OC(=O)c1ccc2c(c1)OCO2)C(=O)N(C)C. The van der Waals surface area contributed by atoms with Gasteiger partial charge >= 0.3 is 5.97 Å². The van der Waals surface area contributed by atoms with Gasteiger partial charge in [-0.05, 0) is 25.1 Å². The number of hydrogen-bond donors (Lipinski definition) is 0. The minimum atomic E-state index is -0.826. The summed E-state index contributed by atoms with van der Waals surface area (Å²) in [7, 11) is 3.21. The Morgan fingerprint density at radius 1 is 1.26 bits per heavy atom. The molecule has 0 N–H and O–H groups in total. The molecule has 1 atom stereocenters. The maximum Gasteiger partial charge on any atom is 0.339 e. The molecule has 1 amide bonds. The monoisotopic (exact) mass is 265 g/mol. The van der Waals surface area contributed by atoms with Gasteiger partial charge in [0.15, 0.2) is 17.6 Å². The summed E-state index contributed by atoms with van der Waals surface area (Å²) in [5.74, 6) is 0.255. The van der Waals surface area contributed by atoms with Crippen LogP contribution < -0.4 is 9.47 Å². The molecule has 0 saturated heterocycles. The highest BCUT2D eigenvalue weighted by Crippen LogP contribution is 2.32. The summed E-state index contributed by atoms with van der Waals surface area (Å²) in [6.07, 6.45) is -0.826. The van der Waals surface area contributed by atoms with E-state index in [0.717, 1.165) is 0 Å². The van der Waals surface area contributed by atoms with Crippen LogP contribution in [0.5, 0.6) is 11.5 Å². The number of fused-ring (bicyclic) bond motifs is 1. The second-order valence-electron chi connectivity index (χ2n) is 4.35. The number of amides is 1. The Morgan fingerprint density at radius 3 is 2.63 bits per heavy atom. The maximum atomic E-state index is 11.9. The lowest BCUT2D eigenvalue weighted by Crippen LogP contribution is -2.34. The molecule has 102 valence electrons. The Labute approximate surface area is 110 Å². The standard InChI is InChI=1S/C13H15NO5/c1-8(12(15)14(2)3)19-13(16)9-4-5-10-11(6-9)18-7-17-10/h4-6,8H,7H2,1-3H3/t8-/m0/s1. The normalized spacial score (nSPS) is 13.8. The van der Waals surface area contributed by atoms with Crippen LogP contribution in [0.1, 0.15) is 17.3 Å². The molecule has 1 aromatic carbocycles. The molecule has 6 nitrogen and oxygen atoms in total. The van der Waals surface area contributed by atoms with E-state index in [9.17, 15) is 9.59 Å². The Hall–Kier alpha value is -2.24. The predicted molar refractivity (Wildman–Crippen MR) is 66.1 cm³/mol. The first-order chi connectivity index (χ1) is 8.99. The van der Waals surface area contributed by atoms with E-state index in [4.69, 9.17) is 14.2 Å². The second-order valence-corrected chi connectivity index (χ2v) is 4.35. The average molecular weight is 265 g/mol. The molecule has 0 bridgehead atoms. The van der Waals surface area contributed by atoms with Crippen LogP contribution in [-0.2, 0) is 9.53 Å². The smallest absolute Gasteiger partial charge is 0.339 e. The summed E-state index contributed by atoms with van der Waals surface area (Å²) < 4.78 is 15.4. The Balaban J connectivity index is 2.06. The fraction of sp³-hybridized carbons (Fsp3) is 0.385. The number of nitrogens with zero attached hydrogens (tertiary/aromatic N) is 1. The van der Waals surface area contributed by atoms with Crippen molar-refractivity contribution in [1.29, 1.82) is 0 Å². The molecular formula is C13H15NO5. The van der Waals surface area contributed by atoms with E-state index in [0.29, 0.717) is 17.1 Å². The van der Waals surface area contributed by atoms with E-state index < -0.39 is 12.1 Å². The van der Waals surface area contributed by atoms with E-state index in [1.807, 2.05) is 0 Å². The van der Waals surface area contributed by atoms with Crippen molar-refractivity contribution in [1.82, 2.24) is 4.90 Å². The Bertz CT molecular complexity index is 512. The van der Waals surface area contributed by atoms with Crippen LogP contribution in [0.4, 0.5) is 0 Å². The zero-order valence-corrected chi connectivity index (χ0v) is 11.0. The molecule has 2 rings (SSSR count). The van der Waals surface area contributed by atoms with Crippen LogP contribution in [0.2, 0.25) is 0 Å². The molecule has 1 aliphatic heterocycles. The van der Waals surface area contributed by atoms with E-state index in [1.165, 1.54) is 17.9 Å². The summed E-state index contributed by atoms with van der Waals surface area (Å²) in [5, 5.41) is 0. The second kappa shape index (κ2) is 5.17. The average Bonchev–Trinajstić information content (AvgIpc) is 2.84. The number of esters is 1. The molecule has 0 fully saturated rings. The molecule has 1 heterocycles. The minimum Gasteiger partial charge on any atom is -0.454 e. The van der Waals surface area contributed by atoms with Gasteiger partial charge in [-0.15, -0.1) is 0 Å². The van der Waals surface area contributed by atoms with Crippen LogP contribution in [0.3, 0.4) is 0 Å². The number of carbonyl (C=O) groups excluding carboxylic acids is 2. The third-order valence-corrected chi connectivity index (χ3v) is 2.68. The van der Waals surface area contributed by atoms with Gasteiger partial charge in [0.05, 0.1) is 5.56 Å². The van der Waals surface area contributed by atoms with Crippen molar-refractivity contribution in [3.8, 4) is 11.5 Å². The van der Waals surface area contributed by atoms with E-state index in [-0.39, 0.29) is 12.7 Å². The van der Waals surface area contributed by atoms with Crippen molar-refractivity contribution in [3.05, 3.63) is 23.8 Å². The number of ether oxygens (including phenoxy) is 3. The molecule has 0 saturated carbocycles. The van der Waals surface area contributed by atoms with Crippen LogP contribution >= 0.6 is 0 Å². The molecule has 1 aromatic rings. The first-order valence-electron chi connectivity index (χ1n) is 5.81. The highest BCUT2D eigenvalue weighted by molar-refractivity contribution is 5.92. The maximum absolute atomic E-state index is 11.9. The van der Waals surface area contributed by atoms with Crippen molar-refractivity contribution in [2.45, 2.75) is 13.0 Å². The first-order valence-corrected chi connectivity index (χ1v) is 5.81. The molecule has 0 aromatic heterocycles. The third kappa shape index (κ3) is 2.78. The summed E-state index contributed by atoms with van der Waals surface area (Å²) in [6, 6.07) is 4.75. The Morgan fingerprint density at radius 2 is 1.95 bits per heavy atom. The summed E-state index contributed by atoms with van der Waals surface area (Å²) >= 11 is 0. The van der Waals surface area contributed by atoms with Crippen LogP contribution in [-0.4, -0.2) is 43.8 Å². The van der Waals surface area contributed by atoms with Crippen molar-refractivity contribution >= 4 is 11.9 Å². The van der Waals surface area contributed by atoms with Gasteiger partial charge in [0.2, 0.25) is 6.79 Å². The first kappa shape index (κ1) is 13.2. The largest absolute Gasteiger partial charge is 0.454 e. The zero-order valence-electron chi connectivity index (χ0n) is 11.0. The van der Waals surface area contributed by atoms with Gasteiger partial charge in [-0.25, -0.2) is 4.79 Å². The van der Waals surface area contributed by atoms with E-state index >= 15 is 0 Å². The van der Waals surface area contributed by atoms with Crippen LogP contribution in [0.15, 0.2) is 18.2 Å². The lowest BCUT2D eigenvalue weighted by molar-refractivity contribution is -0.137. The molecule has 0 aliphatic carbocycles. The predicted octanol–water partition coefficient (Wildman–Crippen LogP) is 1.05. The lowest BCUT2D eigenvalue weighted by atomic mass is 10.2. The third-order valence-electron chi connectivity index (χ3n) is 2.68. The van der Waals surface area contributed by atoms with Crippen LogP contribution in [0.25, 0.3) is 0 Å². The summed E-state index contributed by atoms with van der Waals surface area (Å²) in [5.41, 5.74) is 0.322. The van der Waals surface area contributed by atoms with Gasteiger partial charge in [0, 0.05) is 14.1 Å². The molecule has 19 heavy (non-hydrogen) atoms. The molecule has 1 aliphatic rings. The van der Waals surface area contributed by atoms with Gasteiger partial charge < -0.3 is 19.1 Å². The molecule has 6 heteroatoms. The van der Waals surface area contributed by atoms with Crippen molar-refractivity contribution in [2.75, 3.05) is 20.9 Å². The highest BCUT2D eigenvalue weighted by atomic mass is 16.7. The van der Waals surface area contributed by atoms with Crippen LogP contribution in [0, 0.1) is 0 Å². The number of hydrogen-bond acceptors (Lipinski definition) is 5. The number of carbonyl (C=O) groups is 2. The minimum absolute atomic E-state index is 0.142. The fourth-order valence-corrected chi connectivity index (χ4v) is 1.67. The van der Waals surface area contributed by atoms with Gasteiger partial charge in [-0.3, -0.25) is 4.79 Å². The quantitative estimate of drug-likeness (QED) is 0.764. The Kier molecular flexibility index (Phi) is 3.59. The topological polar surface area (TPSA) is 65.1 Å². The number of benzene rings is 1. The van der Waals surface area contributed by atoms with Gasteiger partial charge in [0.25, 0.3) is 5.91 Å².